The number of hydrogen-bond acceptors (Lipinski definition) is 5. The molecule has 7 nitrogen and oxygen atoms in total. The molecule has 29 heavy (non-hydrogen) atoms. The van der Waals surface area contributed by atoms with E-state index < -0.39 is 0 Å². The number of carbonyl (C=O) groups is 2. The van der Waals surface area contributed by atoms with Gasteiger partial charge >= 0.3 is 0 Å². The summed E-state index contributed by atoms with van der Waals surface area (Å²) in [6, 6.07) is 4.57. The number of aromatic nitrogens is 1. The molecule has 3 saturated heterocycles. The molecule has 1 aromatic heterocycles. The molecule has 158 valence electrons. The van der Waals surface area contributed by atoms with Gasteiger partial charge in [0, 0.05) is 57.6 Å². The number of likely N-dealkylation sites (tertiary alicyclic amines) is 2. The van der Waals surface area contributed by atoms with Crippen molar-refractivity contribution in [2.45, 2.75) is 45.6 Å². The van der Waals surface area contributed by atoms with E-state index in [0.717, 1.165) is 82.9 Å². The van der Waals surface area contributed by atoms with E-state index in [1.165, 1.54) is 5.69 Å². The second-order valence-corrected chi connectivity index (χ2v) is 8.60. The third kappa shape index (κ3) is 4.55. The Balaban J connectivity index is 1.46. The lowest BCUT2D eigenvalue weighted by Crippen LogP contribution is -2.48. The smallest absolute Gasteiger partial charge is 0.236 e. The summed E-state index contributed by atoms with van der Waals surface area (Å²) < 4.78 is 0. The van der Waals surface area contributed by atoms with Crippen LogP contribution in [0.2, 0.25) is 0 Å². The Kier molecular flexibility index (Phi) is 6.04. The first-order valence-electron chi connectivity index (χ1n) is 11.0. The Morgan fingerprint density at radius 3 is 2.38 bits per heavy atom. The van der Waals surface area contributed by atoms with Crippen LogP contribution in [0.5, 0.6) is 0 Å². The average Bonchev–Trinajstić information content (AvgIpc) is 3.39. The minimum Gasteiger partial charge on any atom is -0.368 e. The van der Waals surface area contributed by atoms with Crippen molar-refractivity contribution in [2.24, 2.45) is 0 Å². The average molecular weight is 400 g/mol. The molecule has 0 N–H and O–H groups in total. The zero-order chi connectivity index (χ0) is 20.4. The molecule has 2 amide bonds. The maximum absolute atomic E-state index is 12.7. The van der Waals surface area contributed by atoms with Gasteiger partial charge in [0.15, 0.2) is 0 Å². The highest BCUT2D eigenvalue weighted by Crippen LogP contribution is 2.33. The van der Waals surface area contributed by atoms with Gasteiger partial charge in [-0.05, 0) is 51.3 Å². The number of amides is 2. The molecule has 0 bridgehead atoms. The van der Waals surface area contributed by atoms with Crippen molar-refractivity contribution in [3.05, 3.63) is 23.5 Å². The van der Waals surface area contributed by atoms with E-state index in [1.807, 2.05) is 16.7 Å². The molecule has 7 heteroatoms. The summed E-state index contributed by atoms with van der Waals surface area (Å²) in [5.41, 5.74) is 3.29. The molecule has 0 aromatic carbocycles. The summed E-state index contributed by atoms with van der Waals surface area (Å²) in [5.74, 6) is 0.420. The number of carbonyl (C=O) groups excluding carboxylic acids is 2. The number of nitrogens with zero attached hydrogens (tertiary/aromatic N) is 5. The van der Waals surface area contributed by atoms with Gasteiger partial charge in [-0.25, -0.2) is 0 Å². The lowest BCUT2D eigenvalue weighted by molar-refractivity contribution is -0.131. The van der Waals surface area contributed by atoms with Crippen molar-refractivity contribution in [2.75, 3.05) is 57.3 Å². The lowest BCUT2D eigenvalue weighted by Gasteiger charge is -2.36. The molecule has 1 atom stereocenters. The first-order valence-corrected chi connectivity index (χ1v) is 11.0. The van der Waals surface area contributed by atoms with E-state index in [-0.39, 0.29) is 17.9 Å². The fourth-order valence-electron chi connectivity index (χ4n) is 4.90. The van der Waals surface area contributed by atoms with Gasteiger partial charge in [0.05, 0.1) is 18.3 Å². The first-order chi connectivity index (χ1) is 14.0. The number of piperazine rings is 1. The van der Waals surface area contributed by atoms with Crippen LogP contribution >= 0.6 is 0 Å². The molecule has 3 aliphatic heterocycles. The molecular weight excluding hydrogens is 366 g/mol. The summed E-state index contributed by atoms with van der Waals surface area (Å²) in [6.07, 6.45) is 4.44. The molecule has 0 radical (unpaired) electrons. The second-order valence-electron chi connectivity index (χ2n) is 8.60. The predicted octanol–water partition coefficient (Wildman–Crippen LogP) is 1.82. The highest BCUT2D eigenvalue weighted by atomic mass is 16.2. The van der Waals surface area contributed by atoms with Crippen LogP contribution in [-0.2, 0) is 9.59 Å². The maximum Gasteiger partial charge on any atom is 0.236 e. The van der Waals surface area contributed by atoms with Gasteiger partial charge in [-0.15, -0.1) is 0 Å². The third-order valence-corrected chi connectivity index (χ3v) is 6.55. The van der Waals surface area contributed by atoms with Crippen molar-refractivity contribution in [3.63, 3.8) is 0 Å². The lowest BCUT2D eigenvalue weighted by atomic mass is 10.1. The summed E-state index contributed by atoms with van der Waals surface area (Å²) in [4.78, 5) is 37.7. The van der Waals surface area contributed by atoms with Crippen molar-refractivity contribution in [1.29, 1.82) is 0 Å². The molecule has 1 aromatic rings. The summed E-state index contributed by atoms with van der Waals surface area (Å²) in [6.45, 7) is 10.2. The minimum absolute atomic E-state index is 0.153. The van der Waals surface area contributed by atoms with Crippen LogP contribution in [0.3, 0.4) is 0 Å². The number of pyridine rings is 1. The quantitative estimate of drug-likeness (QED) is 0.773. The Bertz CT molecular complexity index is 754. The second kappa shape index (κ2) is 8.69. The molecule has 3 fully saturated rings. The molecule has 0 saturated carbocycles. The van der Waals surface area contributed by atoms with E-state index >= 15 is 0 Å². The minimum atomic E-state index is 0.153. The third-order valence-electron chi connectivity index (χ3n) is 6.55. The number of rotatable bonds is 4. The van der Waals surface area contributed by atoms with Gasteiger partial charge in [-0.3, -0.25) is 19.5 Å². The fourth-order valence-corrected chi connectivity index (χ4v) is 4.90. The maximum atomic E-state index is 12.7. The van der Waals surface area contributed by atoms with E-state index in [1.54, 1.807) is 6.92 Å². The zero-order valence-corrected chi connectivity index (χ0v) is 17.8. The number of aryl methyl sites for hydroxylation is 1. The van der Waals surface area contributed by atoms with E-state index in [9.17, 15) is 9.59 Å². The van der Waals surface area contributed by atoms with Crippen molar-refractivity contribution >= 4 is 17.5 Å². The van der Waals surface area contributed by atoms with Crippen LogP contribution in [0, 0.1) is 6.92 Å². The summed E-state index contributed by atoms with van der Waals surface area (Å²) in [5, 5.41) is 0. The Morgan fingerprint density at radius 2 is 1.69 bits per heavy atom. The van der Waals surface area contributed by atoms with Crippen molar-refractivity contribution < 1.29 is 9.59 Å². The molecule has 0 aliphatic carbocycles. The van der Waals surface area contributed by atoms with E-state index in [0.29, 0.717) is 6.54 Å². The van der Waals surface area contributed by atoms with Crippen LogP contribution in [0.15, 0.2) is 12.1 Å². The van der Waals surface area contributed by atoms with Gasteiger partial charge in [-0.1, -0.05) is 0 Å². The van der Waals surface area contributed by atoms with Gasteiger partial charge in [0.25, 0.3) is 0 Å². The predicted molar refractivity (Wildman–Crippen MR) is 113 cm³/mol. The molecular formula is C22H33N5O2. The Morgan fingerprint density at radius 1 is 0.966 bits per heavy atom. The summed E-state index contributed by atoms with van der Waals surface area (Å²) in [7, 11) is 0. The topological polar surface area (TPSA) is 60.0 Å². The number of anilines is 1. The molecule has 4 heterocycles. The molecule has 3 aliphatic rings. The largest absolute Gasteiger partial charge is 0.368 e. The standard InChI is InChI=1S/C22H33N5O2/c1-17-14-19(25-12-10-24(11-13-25)18(2)28)15-20(23-17)21-6-5-9-27(21)16-22(29)26-7-3-4-8-26/h14-15,21H,3-13,16H2,1-2H3/t21-/m1/s1. The van der Waals surface area contributed by atoms with Crippen LogP contribution in [0.4, 0.5) is 5.69 Å². The highest BCUT2D eigenvalue weighted by molar-refractivity contribution is 5.78. The highest BCUT2D eigenvalue weighted by Gasteiger charge is 2.31. The SMILES string of the molecule is CC(=O)N1CCN(c2cc(C)nc([C@H]3CCCN3CC(=O)N3CCCC3)c2)CC1. The Hall–Kier alpha value is -2.15. The van der Waals surface area contributed by atoms with Gasteiger partial charge in [0.1, 0.15) is 0 Å². The van der Waals surface area contributed by atoms with Crippen molar-refractivity contribution in [3.8, 4) is 0 Å². The summed E-state index contributed by atoms with van der Waals surface area (Å²) >= 11 is 0. The van der Waals surface area contributed by atoms with Gasteiger partial charge in [-0.2, -0.15) is 0 Å². The Labute approximate surface area is 173 Å². The normalized spacial score (nSPS) is 23.1. The molecule has 0 spiro atoms. The van der Waals surface area contributed by atoms with Gasteiger partial charge in [0.2, 0.25) is 11.8 Å². The monoisotopic (exact) mass is 399 g/mol. The fraction of sp³-hybridized carbons (Fsp3) is 0.682. The van der Waals surface area contributed by atoms with Crippen LogP contribution in [-0.4, -0.2) is 83.9 Å². The molecule has 4 rings (SSSR count). The van der Waals surface area contributed by atoms with Crippen LogP contribution < -0.4 is 4.90 Å². The van der Waals surface area contributed by atoms with E-state index in [2.05, 4.69) is 21.9 Å². The zero-order valence-electron chi connectivity index (χ0n) is 17.8. The molecule has 0 unspecified atom stereocenters. The van der Waals surface area contributed by atoms with Gasteiger partial charge < -0.3 is 14.7 Å². The number of hydrogen-bond donors (Lipinski definition) is 0. The van der Waals surface area contributed by atoms with Crippen LogP contribution in [0.1, 0.15) is 50.0 Å². The van der Waals surface area contributed by atoms with Crippen molar-refractivity contribution in [1.82, 2.24) is 19.7 Å². The first kappa shape index (κ1) is 20.1. The van der Waals surface area contributed by atoms with Crippen LogP contribution in [0.25, 0.3) is 0 Å². The van der Waals surface area contributed by atoms with E-state index in [4.69, 9.17) is 4.98 Å².